The van der Waals surface area contributed by atoms with Crippen molar-refractivity contribution in [2.75, 3.05) is 13.2 Å². The molecule has 17 heavy (non-hydrogen) atoms. The first-order valence-electron chi connectivity index (χ1n) is 7.13. The van der Waals surface area contributed by atoms with E-state index in [0.29, 0.717) is 18.8 Å². The van der Waals surface area contributed by atoms with E-state index in [9.17, 15) is 0 Å². The van der Waals surface area contributed by atoms with Crippen molar-refractivity contribution in [1.29, 1.82) is 0 Å². The van der Waals surface area contributed by atoms with E-state index < -0.39 is 0 Å². The second-order valence-electron chi connectivity index (χ2n) is 6.03. The maximum Gasteiger partial charge on any atom is 0.0813 e. The van der Waals surface area contributed by atoms with Crippen molar-refractivity contribution in [2.24, 2.45) is 11.7 Å². The summed E-state index contributed by atoms with van der Waals surface area (Å²) in [5, 5.41) is 0. The Bertz CT molecular complexity index is 236. The summed E-state index contributed by atoms with van der Waals surface area (Å²) in [7, 11) is 0. The van der Waals surface area contributed by atoms with Gasteiger partial charge in [0.25, 0.3) is 0 Å². The standard InChI is InChI=1S/C14H27NO2/c1-11-5-7-14(10-15,8-6-11)16-9-13-4-3-12(2)17-13/h11-13H,3-10,15H2,1-2H3. The van der Waals surface area contributed by atoms with Crippen LogP contribution < -0.4 is 5.73 Å². The fourth-order valence-electron chi connectivity index (χ4n) is 2.97. The Balaban J connectivity index is 1.79. The van der Waals surface area contributed by atoms with Gasteiger partial charge in [0.1, 0.15) is 0 Å². The first-order valence-corrected chi connectivity index (χ1v) is 7.13. The van der Waals surface area contributed by atoms with Gasteiger partial charge in [-0.2, -0.15) is 0 Å². The highest BCUT2D eigenvalue weighted by Crippen LogP contribution is 2.34. The van der Waals surface area contributed by atoms with Crippen LogP contribution in [0.2, 0.25) is 0 Å². The summed E-state index contributed by atoms with van der Waals surface area (Å²) in [6.07, 6.45) is 7.74. The van der Waals surface area contributed by atoms with Gasteiger partial charge < -0.3 is 15.2 Å². The largest absolute Gasteiger partial charge is 0.373 e. The molecule has 2 fully saturated rings. The Kier molecular flexibility index (Phi) is 4.45. The Morgan fingerprint density at radius 1 is 1.18 bits per heavy atom. The lowest BCUT2D eigenvalue weighted by Gasteiger charge is -2.39. The highest BCUT2D eigenvalue weighted by Gasteiger charge is 2.35. The van der Waals surface area contributed by atoms with Crippen LogP contribution in [0, 0.1) is 5.92 Å². The molecule has 0 aromatic heterocycles. The molecular formula is C14H27NO2. The Morgan fingerprint density at radius 3 is 2.41 bits per heavy atom. The summed E-state index contributed by atoms with van der Waals surface area (Å²) in [6, 6.07) is 0. The molecule has 2 rings (SSSR count). The van der Waals surface area contributed by atoms with Crippen molar-refractivity contribution in [1.82, 2.24) is 0 Å². The zero-order chi connectivity index (χ0) is 12.3. The number of rotatable bonds is 4. The van der Waals surface area contributed by atoms with Gasteiger partial charge in [0.05, 0.1) is 24.4 Å². The lowest BCUT2D eigenvalue weighted by Crippen LogP contribution is -2.45. The Labute approximate surface area is 105 Å². The zero-order valence-corrected chi connectivity index (χ0v) is 11.3. The van der Waals surface area contributed by atoms with Crippen molar-refractivity contribution in [3.05, 3.63) is 0 Å². The summed E-state index contributed by atoms with van der Waals surface area (Å²) in [6.45, 7) is 5.85. The van der Waals surface area contributed by atoms with Crippen LogP contribution in [0.3, 0.4) is 0 Å². The third kappa shape index (κ3) is 3.43. The summed E-state index contributed by atoms with van der Waals surface area (Å²) in [4.78, 5) is 0. The van der Waals surface area contributed by atoms with Crippen LogP contribution in [0.15, 0.2) is 0 Å². The molecule has 0 radical (unpaired) electrons. The van der Waals surface area contributed by atoms with Gasteiger partial charge in [-0.3, -0.25) is 0 Å². The van der Waals surface area contributed by atoms with Crippen LogP contribution in [0.4, 0.5) is 0 Å². The fourth-order valence-corrected chi connectivity index (χ4v) is 2.97. The second kappa shape index (κ2) is 5.68. The third-order valence-corrected chi connectivity index (χ3v) is 4.45. The second-order valence-corrected chi connectivity index (χ2v) is 6.03. The molecule has 2 unspecified atom stereocenters. The Hall–Kier alpha value is -0.120. The van der Waals surface area contributed by atoms with Crippen LogP contribution in [0.5, 0.6) is 0 Å². The predicted molar refractivity (Wildman–Crippen MR) is 68.9 cm³/mol. The van der Waals surface area contributed by atoms with Gasteiger partial charge in [-0.25, -0.2) is 0 Å². The van der Waals surface area contributed by atoms with E-state index in [-0.39, 0.29) is 5.60 Å². The molecule has 1 aliphatic heterocycles. The molecule has 1 heterocycles. The van der Waals surface area contributed by atoms with E-state index in [1.165, 1.54) is 19.3 Å². The SMILES string of the molecule is CC1CCC(CN)(OCC2CCC(C)O2)CC1. The average molecular weight is 241 g/mol. The highest BCUT2D eigenvalue weighted by molar-refractivity contribution is 4.88. The normalized spacial score (nSPS) is 42.9. The fraction of sp³-hybridized carbons (Fsp3) is 1.00. The molecule has 0 amide bonds. The van der Waals surface area contributed by atoms with E-state index in [4.69, 9.17) is 15.2 Å². The molecule has 1 aliphatic carbocycles. The molecule has 0 aromatic rings. The van der Waals surface area contributed by atoms with Crippen LogP contribution in [-0.2, 0) is 9.47 Å². The number of hydrogen-bond donors (Lipinski definition) is 1. The van der Waals surface area contributed by atoms with Crippen molar-refractivity contribution in [3.63, 3.8) is 0 Å². The minimum absolute atomic E-state index is 0.0539. The van der Waals surface area contributed by atoms with Crippen LogP contribution in [0.25, 0.3) is 0 Å². The molecule has 0 aromatic carbocycles. The maximum atomic E-state index is 6.15. The van der Waals surface area contributed by atoms with Crippen molar-refractivity contribution < 1.29 is 9.47 Å². The van der Waals surface area contributed by atoms with E-state index in [2.05, 4.69) is 13.8 Å². The molecule has 0 bridgehead atoms. The van der Waals surface area contributed by atoms with Gasteiger partial charge >= 0.3 is 0 Å². The molecule has 2 N–H and O–H groups in total. The highest BCUT2D eigenvalue weighted by atomic mass is 16.6. The van der Waals surface area contributed by atoms with E-state index in [1.54, 1.807) is 0 Å². The summed E-state index contributed by atoms with van der Waals surface area (Å²) < 4.78 is 11.9. The van der Waals surface area contributed by atoms with E-state index in [1.807, 2.05) is 0 Å². The van der Waals surface area contributed by atoms with Gasteiger partial charge in [-0.05, 0) is 51.4 Å². The summed E-state index contributed by atoms with van der Waals surface area (Å²) >= 11 is 0. The van der Waals surface area contributed by atoms with E-state index in [0.717, 1.165) is 31.8 Å². The number of nitrogens with two attached hydrogens (primary N) is 1. The monoisotopic (exact) mass is 241 g/mol. The number of ether oxygens (including phenoxy) is 2. The predicted octanol–water partition coefficient (Wildman–Crippen LogP) is 2.48. The molecular weight excluding hydrogens is 214 g/mol. The summed E-state index contributed by atoms with van der Waals surface area (Å²) in [5.41, 5.74) is 5.88. The van der Waals surface area contributed by atoms with Crippen molar-refractivity contribution in [2.45, 2.75) is 70.2 Å². The molecule has 0 spiro atoms. The first-order chi connectivity index (χ1) is 8.13. The van der Waals surface area contributed by atoms with Crippen LogP contribution >= 0.6 is 0 Å². The Morgan fingerprint density at radius 2 is 1.88 bits per heavy atom. The molecule has 3 nitrogen and oxygen atoms in total. The van der Waals surface area contributed by atoms with Gasteiger partial charge in [0.15, 0.2) is 0 Å². The van der Waals surface area contributed by atoms with Gasteiger partial charge in [0.2, 0.25) is 0 Å². The topological polar surface area (TPSA) is 44.5 Å². The molecule has 2 aliphatic rings. The van der Waals surface area contributed by atoms with Gasteiger partial charge in [-0.15, -0.1) is 0 Å². The van der Waals surface area contributed by atoms with Crippen LogP contribution in [0.1, 0.15) is 52.4 Å². The first kappa shape index (κ1) is 13.3. The zero-order valence-electron chi connectivity index (χ0n) is 11.3. The van der Waals surface area contributed by atoms with Gasteiger partial charge in [-0.1, -0.05) is 6.92 Å². The van der Waals surface area contributed by atoms with Crippen LogP contribution in [-0.4, -0.2) is 31.0 Å². The minimum atomic E-state index is -0.0539. The number of hydrogen-bond acceptors (Lipinski definition) is 3. The van der Waals surface area contributed by atoms with Crippen molar-refractivity contribution >= 4 is 0 Å². The molecule has 1 saturated carbocycles. The molecule has 1 saturated heterocycles. The lowest BCUT2D eigenvalue weighted by molar-refractivity contribution is -0.107. The van der Waals surface area contributed by atoms with E-state index >= 15 is 0 Å². The lowest BCUT2D eigenvalue weighted by atomic mass is 9.79. The summed E-state index contributed by atoms with van der Waals surface area (Å²) in [5.74, 6) is 0.834. The molecule has 3 heteroatoms. The molecule has 2 atom stereocenters. The average Bonchev–Trinajstić information content (AvgIpc) is 2.75. The van der Waals surface area contributed by atoms with Gasteiger partial charge in [0, 0.05) is 6.54 Å². The quantitative estimate of drug-likeness (QED) is 0.822. The smallest absolute Gasteiger partial charge is 0.0813 e. The maximum absolute atomic E-state index is 6.15. The molecule has 100 valence electrons. The third-order valence-electron chi connectivity index (χ3n) is 4.45. The van der Waals surface area contributed by atoms with Crippen molar-refractivity contribution in [3.8, 4) is 0 Å². The minimum Gasteiger partial charge on any atom is -0.373 e.